The van der Waals surface area contributed by atoms with E-state index >= 15 is 0 Å². The molecule has 2 rings (SSSR count). The van der Waals surface area contributed by atoms with Gasteiger partial charge in [0.2, 0.25) is 0 Å². The molecular weight excluding hydrogens is 302 g/mol. The van der Waals surface area contributed by atoms with Gasteiger partial charge < -0.3 is 5.32 Å². The van der Waals surface area contributed by atoms with Crippen molar-refractivity contribution in [2.24, 2.45) is 0 Å². The second-order valence-corrected chi connectivity index (χ2v) is 6.49. The van der Waals surface area contributed by atoms with E-state index in [4.69, 9.17) is 4.98 Å². The van der Waals surface area contributed by atoms with Crippen molar-refractivity contribution >= 4 is 21.7 Å². The number of anilines is 1. The van der Waals surface area contributed by atoms with Gasteiger partial charge in [-0.05, 0) is 35.2 Å². The van der Waals surface area contributed by atoms with Crippen molar-refractivity contribution in [1.82, 2.24) is 9.97 Å². The first-order valence-electron chi connectivity index (χ1n) is 7.44. The maximum absolute atomic E-state index is 4.82. The first-order valence-corrected chi connectivity index (χ1v) is 8.24. The van der Waals surface area contributed by atoms with E-state index in [0.29, 0.717) is 11.8 Å². The van der Waals surface area contributed by atoms with Gasteiger partial charge in [0.1, 0.15) is 11.6 Å². The van der Waals surface area contributed by atoms with Crippen LogP contribution in [0.3, 0.4) is 0 Å². The van der Waals surface area contributed by atoms with E-state index in [1.807, 2.05) is 0 Å². The molecule has 0 aromatic carbocycles. The molecule has 1 aromatic rings. The predicted molar refractivity (Wildman–Crippen MR) is 83.8 cm³/mol. The Hall–Kier alpha value is -0.640. The van der Waals surface area contributed by atoms with Crippen LogP contribution in [0, 0.1) is 0 Å². The third kappa shape index (κ3) is 3.47. The van der Waals surface area contributed by atoms with E-state index in [-0.39, 0.29) is 0 Å². The zero-order valence-electron chi connectivity index (χ0n) is 12.2. The molecule has 1 saturated carbocycles. The fourth-order valence-corrected chi connectivity index (χ4v) is 3.21. The molecule has 19 heavy (non-hydrogen) atoms. The van der Waals surface area contributed by atoms with E-state index in [2.05, 4.69) is 47.0 Å². The second-order valence-electron chi connectivity index (χ2n) is 5.69. The van der Waals surface area contributed by atoms with Crippen LogP contribution in [0.25, 0.3) is 0 Å². The van der Waals surface area contributed by atoms with Gasteiger partial charge in [-0.15, -0.1) is 0 Å². The Morgan fingerprint density at radius 2 is 1.95 bits per heavy atom. The largest absolute Gasteiger partial charge is 0.369 e. The third-order valence-electron chi connectivity index (χ3n) is 3.69. The fraction of sp³-hybridized carbons (Fsp3) is 0.733. The van der Waals surface area contributed by atoms with Crippen LogP contribution in [0.1, 0.15) is 76.2 Å². The molecule has 0 saturated heterocycles. The van der Waals surface area contributed by atoms with Gasteiger partial charge in [0.25, 0.3) is 0 Å². The lowest BCUT2D eigenvalue weighted by molar-refractivity contribution is 0.665. The van der Waals surface area contributed by atoms with Crippen LogP contribution in [-0.2, 0) is 0 Å². The first-order chi connectivity index (χ1) is 9.13. The lowest BCUT2D eigenvalue weighted by Gasteiger charge is -2.17. The summed E-state index contributed by atoms with van der Waals surface area (Å²) in [6, 6.07) is 0. The third-order valence-corrected chi connectivity index (χ3v) is 4.48. The first kappa shape index (κ1) is 14.8. The van der Waals surface area contributed by atoms with Crippen molar-refractivity contribution in [1.29, 1.82) is 0 Å². The Kier molecular flexibility index (Phi) is 5.20. The van der Waals surface area contributed by atoms with Gasteiger partial charge in [0.05, 0.1) is 10.2 Å². The molecule has 106 valence electrons. The minimum Gasteiger partial charge on any atom is -0.369 e. The van der Waals surface area contributed by atoms with Gasteiger partial charge in [0, 0.05) is 18.4 Å². The highest BCUT2D eigenvalue weighted by atomic mass is 79.9. The molecule has 1 aromatic heterocycles. The molecule has 1 aliphatic rings. The monoisotopic (exact) mass is 325 g/mol. The van der Waals surface area contributed by atoms with Crippen molar-refractivity contribution in [2.45, 2.75) is 64.7 Å². The van der Waals surface area contributed by atoms with E-state index < -0.39 is 0 Å². The van der Waals surface area contributed by atoms with E-state index in [1.54, 1.807) is 0 Å². The maximum atomic E-state index is 4.82. The number of halogens is 1. The smallest absolute Gasteiger partial charge is 0.144 e. The van der Waals surface area contributed by atoms with Crippen molar-refractivity contribution in [3.63, 3.8) is 0 Å². The summed E-state index contributed by atoms with van der Waals surface area (Å²) in [5, 5.41) is 3.42. The number of hydrogen-bond donors (Lipinski definition) is 1. The molecule has 0 aliphatic heterocycles. The average Bonchev–Trinajstić information content (AvgIpc) is 2.91. The van der Waals surface area contributed by atoms with Gasteiger partial charge in [-0.1, -0.05) is 33.6 Å². The van der Waals surface area contributed by atoms with Crippen LogP contribution in [0.2, 0.25) is 0 Å². The van der Waals surface area contributed by atoms with Crippen LogP contribution in [-0.4, -0.2) is 16.5 Å². The van der Waals surface area contributed by atoms with Crippen LogP contribution >= 0.6 is 15.9 Å². The van der Waals surface area contributed by atoms with E-state index in [9.17, 15) is 0 Å². The summed E-state index contributed by atoms with van der Waals surface area (Å²) in [5.74, 6) is 2.92. The van der Waals surface area contributed by atoms with Gasteiger partial charge in [-0.3, -0.25) is 0 Å². The van der Waals surface area contributed by atoms with Gasteiger partial charge in [-0.2, -0.15) is 0 Å². The molecule has 0 spiro atoms. The highest BCUT2D eigenvalue weighted by Gasteiger charge is 2.24. The van der Waals surface area contributed by atoms with Crippen LogP contribution in [0.15, 0.2) is 4.47 Å². The molecule has 0 atom stereocenters. The summed E-state index contributed by atoms with van der Waals surface area (Å²) in [7, 11) is 0. The van der Waals surface area contributed by atoms with Crippen LogP contribution < -0.4 is 5.32 Å². The molecule has 0 radical (unpaired) electrons. The number of nitrogens with one attached hydrogen (secondary N) is 1. The number of nitrogens with zero attached hydrogens (tertiary/aromatic N) is 2. The summed E-state index contributed by atoms with van der Waals surface area (Å²) in [5.41, 5.74) is 1.22. The summed E-state index contributed by atoms with van der Waals surface area (Å²) in [6.07, 6.45) is 6.29. The number of rotatable bonds is 5. The van der Waals surface area contributed by atoms with Crippen molar-refractivity contribution in [3.05, 3.63) is 16.0 Å². The van der Waals surface area contributed by atoms with Gasteiger partial charge >= 0.3 is 0 Å². The molecule has 1 aliphatic carbocycles. The normalized spacial score (nSPS) is 16.3. The fourth-order valence-electron chi connectivity index (χ4n) is 2.57. The topological polar surface area (TPSA) is 37.8 Å². The van der Waals surface area contributed by atoms with E-state index in [1.165, 1.54) is 31.4 Å². The Labute approximate surface area is 124 Å². The molecule has 3 nitrogen and oxygen atoms in total. The Balaban J connectivity index is 2.36. The van der Waals surface area contributed by atoms with Gasteiger partial charge in [-0.25, -0.2) is 9.97 Å². The minimum absolute atomic E-state index is 0.371. The lowest BCUT2D eigenvalue weighted by atomic mass is 10.0. The summed E-state index contributed by atoms with van der Waals surface area (Å²) in [4.78, 5) is 9.50. The Morgan fingerprint density at radius 3 is 2.53 bits per heavy atom. The molecular formula is C15H24BrN3. The Morgan fingerprint density at radius 1 is 1.26 bits per heavy atom. The highest BCUT2D eigenvalue weighted by Crippen LogP contribution is 2.39. The predicted octanol–water partition coefficient (Wildman–Crippen LogP) is 4.84. The van der Waals surface area contributed by atoms with Gasteiger partial charge in [0.15, 0.2) is 0 Å². The zero-order chi connectivity index (χ0) is 13.8. The molecule has 4 heteroatoms. The molecule has 0 unspecified atom stereocenters. The quantitative estimate of drug-likeness (QED) is 0.841. The molecule has 0 bridgehead atoms. The molecule has 1 fully saturated rings. The molecule has 1 heterocycles. The number of aromatic nitrogens is 2. The van der Waals surface area contributed by atoms with Crippen LogP contribution in [0.4, 0.5) is 5.82 Å². The minimum atomic E-state index is 0.371. The average molecular weight is 326 g/mol. The summed E-state index contributed by atoms with van der Waals surface area (Å²) < 4.78 is 1.08. The molecule has 1 N–H and O–H groups in total. The lowest BCUT2D eigenvalue weighted by Crippen LogP contribution is -2.11. The SMILES string of the molecule is CCCNc1nc(C(C)C)nc(C2CCCC2)c1Br. The highest BCUT2D eigenvalue weighted by molar-refractivity contribution is 9.10. The van der Waals surface area contributed by atoms with Crippen molar-refractivity contribution < 1.29 is 0 Å². The summed E-state index contributed by atoms with van der Waals surface area (Å²) >= 11 is 3.72. The number of hydrogen-bond acceptors (Lipinski definition) is 3. The second kappa shape index (κ2) is 6.69. The van der Waals surface area contributed by atoms with Crippen molar-refractivity contribution in [2.75, 3.05) is 11.9 Å². The van der Waals surface area contributed by atoms with Crippen LogP contribution in [0.5, 0.6) is 0 Å². The zero-order valence-corrected chi connectivity index (χ0v) is 13.8. The standard InChI is InChI=1S/C15H24BrN3/c1-4-9-17-15-12(16)13(11-7-5-6-8-11)18-14(19-15)10(2)3/h10-11H,4-9H2,1-3H3,(H,17,18,19). The summed E-state index contributed by atoms with van der Waals surface area (Å²) in [6.45, 7) is 7.44. The van der Waals surface area contributed by atoms with E-state index in [0.717, 1.165) is 29.1 Å². The van der Waals surface area contributed by atoms with Crippen molar-refractivity contribution in [3.8, 4) is 0 Å². The molecule has 0 amide bonds. The Bertz CT molecular complexity index is 426. The maximum Gasteiger partial charge on any atom is 0.144 e.